The minimum atomic E-state index is -0.111. The van der Waals surface area contributed by atoms with E-state index in [0.29, 0.717) is 0 Å². The first-order valence-electron chi connectivity index (χ1n) is 7.67. The average molecular weight is 273 g/mol. The van der Waals surface area contributed by atoms with E-state index in [-0.39, 0.29) is 5.60 Å². The Labute approximate surface area is 121 Å². The van der Waals surface area contributed by atoms with Crippen LogP contribution in [0.3, 0.4) is 0 Å². The lowest BCUT2D eigenvalue weighted by molar-refractivity contribution is 0.0819. The maximum atomic E-state index is 6.30. The van der Waals surface area contributed by atoms with Crippen LogP contribution in [0.2, 0.25) is 0 Å². The Kier molecular flexibility index (Phi) is 3.97. The lowest BCUT2D eigenvalue weighted by Crippen LogP contribution is -2.45. The fourth-order valence-electron chi connectivity index (χ4n) is 2.78. The average Bonchev–Trinajstić information content (AvgIpc) is 2.48. The van der Waals surface area contributed by atoms with Gasteiger partial charge in [-0.05, 0) is 37.7 Å². The molecule has 1 aromatic carbocycles. The van der Waals surface area contributed by atoms with Crippen molar-refractivity contribution in [2.24, 2.45) is 0 Å². The number of benzene rings is 1. The van der Waals surface area contributed by atoms with E-state index in [9.17, 15) is 0 Å². The van der Waals surface area contributed by atoms with Crippen molar-refractivity contribution in [2.45, 2.75) is 38.2 Å². The topological polar surface area (TPSA) is 30.5 Å². The van der Waals surface area contributed by atoms with E-state index in [0.717, 1.165) is 62.4 Å². The number of ether oxygens (including phenoxy) is 2. The lowest BCUT2D eigenvalue weighted by Gasteiger charge is -2.38. The summed E-state index contributed by atoms with van der Waals surface area (Å²) in [5.74, 6) is 1.87. The Morgan fingerprint density at radius 1 is 1.30 bits per heavy atom. The Balaban J connectivity index is 1.75. The molecule has 2 aliphatic heterocycles. The van der Waals surface area contributed by atoms with Gasteiger partial charge in [0, 0.05) is 24.5 Å². The molecular formula is C17H23NO2. The number of fused-ring (bicyclic) bond motifs is 1. The molecule has 1 N–H and O–H groups in total. The van der Waals surface area contributed by atoms with Crippen LogP contribution < -0.4 is 14.8 Å². The van der Waals surface area contributed by atoms with Crippen molar-refractivity contribution >= 4 is 6.08 Å². The third-order valence-electron chi connectivity index (χ3n) is 4.08. The molecule has 2 heterocycles. The number of hydrogen-bond donors (Lipinski definition) is 1. The Bertz CT molecular complexity index is 490. The molecule has 0 aliphatic carbocycles. The first-order chi connectivity index (χ1) is 9.81. The van der Waals surface area contributed by atoms with Crippen LogP contribution in [0.5, 0.6) is 11.5 Å². The van der Waals surface area contributed by atoms with Crippen molar-refractivity contribution in [2.75, 3.05) is 19.7 Å². The molecule has 3 heteroatoms. The van der Waals surface area contributed by atoms with E-state index in [1.54, 1.807) is 0 Å². The van der Waals surface area contributed by atoms with Gasteiger partial charge < -0.3 is 14.8 Å². The molecule has 0 bridgehead atoms. The van der Waals surface area contributed by atoms with E-state index in [2.05, 4.69) is 30.5 Å². The van der Waals surface area contributed by atoms with Crippen LogP contribution in [0.4, 0.5) is 0 Å². The van der Waals surface area contributed by atoms with Crippen molar-refractivity contribution < 1.29 is 9.47 Å². The second-order valence-electron chi connectivity index (χ2n) is 5.65. The Hall–Kier alpha value is -1.48. The zero-order valence-electron chi connectivity index (χ0n) is 12.2. The summed E-state index contributed by atoms with van der Waals surface area (Å²) in [6.45, 7) is 4.99. The highest BCUT2D eigenvalue weighted by Crippen LogP contribution is 2.37. The van der Waals surface area contributed by atoms with Gasteiger partial charge in [0.1, 0.15) is 17.1 Å². The summed E-state index contributed by atoms with van der Waals surface area (Å²) < 4.78 is 12.1. The summed E-state index contributed by atoms with van der Waals surface area (Å²) in [4.78, 5) is 0. The first-order valence-corrected chi connectivity index (χ1v) is 7.67. The molecule has 2 aliphatic rings. The van der Waals surface area contributed by atoms with Crippen LogP contribution in [0.1, 0.15) is 38.2 Å². The van der Waals surface area contributed by atoms with Gasteiger partial charge >= 0.3 is 0 Å². The highest BCUT2D eigenvalue weighted by molar-refractivity contribution is 5.62. The molecular weight excluding hydrogens is 250 g/mol. The number of hydrogen-bond acceptors (Lipinski definition) is 3. The van der Waals surface area contributed by atoms with Crippen LogP contribution in [-0.2, 0) is 0 Å². The molecule has 1 spiro atoms. The lowest BCUT2D eigenvalue weighted by atomic mass is 9.89. The largest absolute Gasteiger partial charge is 0.493 e. The van der Waals surface area contributed by atoms with E-state index >= 15 is 0 Å². The predicted octanol–water partition coefficient (Wildman–Crippen LogP) is 3.39. The molecule has 20 heavy (non-hydrogen) atoms. The SMILES string of the molecule is CCCCOc1ccc2c(c1)OC1(C=C2)CCNCC1. The molecule has 0 saturated carbocycles. The molecule has 1 saturated heterocycles. The fraction of sp³-hybridized carbons (Fsp3) is 0.529. The Morgan fingerprint density at radius 2 is 2.15 bits per heavy atom. The van der Waals surface area contributed by atoms with Crippen LogP contribution >= 0.6 is 0 Å². The second kappa shape index (κ2) is 5.88. The molecule has 108 valence electrons. The van der Waals surface area contributed by atoms with Gasteiger partial charge in [-0.2, -0.15) is 0 Å². The van der Waals surface area contributed by atoms with Crippen molar-refractivity contribution in [3.05, 3.63) is 29.8 Å². The molecule has 0 amide bonds. The summed E-state index contributed by atoms with van der Waals surface area (Å²) in [5.41, 5.74) is 1.04. The van der Waals surface area contributed by atoms with Crippen LogP contribution in [0.15, 0.2) is 24.3 Å². The minimum absolute atomic E-state index is 0.111. The van der Waals surface area contributed by atoms with E-state index in [1.165, 1.54) is 0 Å². The summed E-state index contributed by atoms with van der Waals surface area (Å²) in [6, 6.07) is 6.15. The summed E-state index contributed by atoms with van der Waals surface area (Å²) >= 11 is 0. The van der Waals surface area contributed by atoms with E-state index < -0.39 is 0 Å². The molecule has 0 aromatic heterocycles. The molecule has 1 aromatic rings. The third kappa shape index (κ3) is 2.83. The van der Waals surface area contributed by atoms with Crippen LogP contribution in [0.25, 0.3) is 6.08 Å². The van der Waals surface area contributed by atoms with Crippen LogP contribution in [-0.4, -0.2) is 25.3 Å². The number of unbranched alkanes of at least 4 members (excludes halogenated alkanes) is 1. The summed E-state index contributed by atoms with van der Waals surface area (Å²) in [7, 11) is 0. The quantitative estimate of drug-likeness (QED) is 0.853. The van der Waals surface area contributed by atoms with E-state index in [1.807, 2.05) is 12.1 Å². The number of nitrogens with one attached hydrogen (secondary N) is 1. The third-order valence-corrected chi connectivity index (χ3v) is 4.08. The zero-order valence-corrected chi connectivity index (χ0v) is 12.2. The van der Waals surface area contributed by atoms with Gasteiger partial charge in [0.25, 0.3) is 0 Å². The standard InChI is InChI=1S/C17H23NO2/c1-2-3-12-19-15-5-4-14-6-7-17(20-16(14)13-15)8-10-18-11-9-17/h4-7,13,18H,2-3,8-12H2,1H3. The van der Waals surface area contributed by atoms with Gasteiger partial charge in [0.15, 0.2) is 0 Å². The minimum Gasteiger partial charge on any atom is -0.493 e. The molecule has 0 unspecified atom stereocenters. The van der Waals surface area contributed by atoms with Crippen molar-refractivity contribution in [3.63, 3.8) is 0 Å². The van der Waals surface area contributed by atoms with Gasteiger partial charge in [-0.3, -0.25) is 0 Å². The van der Waals surface area contributed by atoms with Crippen molar-refractivity contribution in [3.8, 4) is 11.5 Å². The molecule has 1 fully saturated rings. The second-order valence-corrected chi connectivity index (χ2v) is 5.65. The molecule has 0 atom stereocenters. The van der Waals surface area contributed by atoms with Gasteiger partial charge in [-0.1, -0.05) is 19.4 Å². The zero-order chi connectivity index (χ0) is 13.8. The maximum absolute atomic E-state index is 6.30. The fourth-order valence-corrected chi connectivity index (χ4v) is 2.78. The monoisotopic (exact) mass is 273 g/mol. The maximum Gasteiger partial charge on any atom is 0.131 e. The first kappa shape index (κ1) is 13.5. The van der Waals surface area contributed by atoms with Gasteiger partial charge in [-0.15, -0.1) is 0 Å². The van der Waals surface area contributed by atoms with Gasteiger partial charge in [0.05, 0.1) is 6.61 Å². The molecule has 3 rings (SSSR count). The smallest absolute Gasteiger partial charge is 0.131 e. The Morgan fingerprint density at radius 3 is 2.95 bits per heavy atom. The molecule has 3 nitrogen and oxygen atoms in total. The normalized spacial score (nSPS) is 19.4. The summed E-state index contributed by atoms with van der Waals surface area (Å²) in [5, 5.41) is 3.39. The highest BCUT2D eigenvalue weighted by Gasteiger charge is 2.34. The van der Waals surface area contributed by atoms with E-state index in [4.69, 9.17) is 9.47 Å². The number of rotatable bonds is 4. The van der Waals surface area contributed by atoms with Crippen LogP contribution in [0, 0.1) is 0 Å². The molecule has 0 radical (unpaired) electrons. The highest BCUT2D eigenvalue weighted by atomic mass is 16.5. The predicted molar refractivity (Wildman–Crippen MR) is 81.3 cm³/mol. The van der Waals surface area contributed by atoms with Gasteiger partial charge in [0.2, 0.25) is 0 Å². The number of piperidine rings is 1. The van der Waals surface area contributed by atoms with Crippen molar-refractivity contribution in [1.82, 2.24) is 5.32 Å². The van der Waals surface area contributed by atoms with Crippen molar-refractivity contribution in [1.29, 1.82) is 0 Å². The van der Waals surface area contributed by atoms with Gasteiger partial charge in [-0.25, -0.2) is 0 Å². The summed E-state index contributed by atoms with van der Waals surface area (Å²) in [6.07, 6.45) is 8.73.